The molecule has 43 heavy (non-hydrogen) atoms. The minimum Gasteiger partial charge on any atom is -0.495 e. The zero-order valence-corrected chi connectivity index (χ0v) is 25.0. The van der Waals surface area contributed by atoms with Crippen LogP contribution in [-0.4, -0.2) is 86.2 Å². The van der Waals surface area contributed by atoms with Crippen LogP contribution in [0, 0.1) is 23.2 Å². The molecule has 0 bridgehead atoms. The average molecular weight is 635 g/mol. The van der Waals surface area contributed by atoms with Gasteiger partial charge in [0.15, 0.2) is 15.4 Å². The summed E-state index contributed by atoms with van der Waals surface area (Å²) in [6, 6.07) is 11.8. The standard InChI is InChI=1S/C28H29F3N6O4S2/c1-40-24-15-20(43(2,38)39)8-9-21(24)33-12-4-5-22-26(42-28(29,30)31)23-6-3-7-25(37(23)35-22)34-19-10-13-36(14-11-19)27(16-32)17-41-18-27/h3,6-9,15,19,33-34H,10-14,17-18H2,1-2H3. The fourth-order valence-electron chi connectivity index (χ4n) is 5.04. The number of likely N-dealkylation sites (tertiary alicyclic amines) is 1. The molecule has 2 aliphatic rings. The highest BCUT2D eigenvalue weighted by Crippen LogP contribution is 2.41. The predicted octanol–water partition coefficient (Wildman–Crippen LogP) is 3.99. The summed E-state index contributed by atoms with van der Waals surface area (Å²) in [5, 5.41) is 20.5. The van der Waals surface area contributed by atoms with Gasteiger partial charge < -0.3 is 20.1 Å². The van der Waals surface area contributed by atoms with Crippen LogP contribution in [0.4, 0.5) is 24.7 Å². The number of piperidine rings is 1. The first kappa shape index (κ1) is 30.8. The number of alkyl halides is 3. The largest absolute Gasteiger partial charge is 0.495 e. The van der Waals surface area contributed by atoms with Gasteiger partial charge in [0, 0.05) is 31.5 Å². The fourth-order valence-corrected chi connectivity index (χ4v) is 6.36. The molecule has 2 saturated heterocycles. The van der Waals surface area contributed by atoms with Gasteiger partial charge in [0.05, 0.1) is 53.9 Å². The maximum atomic E-state index is 13.6. The molecular formula is C28H29F3N6O4S2. The van der Waals surface area contributed by atoms with Crippen molar-refractivity contribution in [2.75, 3.05) is 56.8 Å². The maximum Gasteiger partial charge on any atom is 0.446 e. The van der Waals surface area contributed by atoms with Gasteiger partial charge in [0.25, 0.3) is 0 Å². The molecule has 2 fully saturated rings. The lowest BCUT2D eigenvalue weighted by Gasteiger charge is -2.47. The van der Waals surface area contributed by atoms with Gasteiger partial charge >= 0.3 is 5.51 Å². The Kier molecular flexibility index (Phi) is 8.72. The van der Waals surface area contributed by atoms with Crippen LogP contribution < -0.4 is 15.4 Å². The number of halogens is 3. The van der Waals surface area contributed by atoms with E-state index in [4.69, 9.17) is 9.47 Å². The van der Waals surface area contributed by atoms with Gasteiger partial charge in [0.1, 0.15) is 17.3 Å². The van der Waals surface area contributed by atoms with E-state index in [9.17, 15) is 26.9 Å². The summed E-state index contributed by atoms with van der Waals surface area (Å²) in [4.78, 5) is 2.13. The van der Waals surface area contributed by atoms with Crippen LogP contribution in [0.2, 0.25) is 0 Å². The Hall–Kier alpha value is -3.63. The molecule has 0 spiro atoms. The number of nitrogens with zero attached hydrogens (tertiary/aromatic N) is 4. The lowest BCUT2D eigenvalue weighted by atomic mass is 9.92. The first-order valence-electron chi connectivity index (χ1n) is 13.3. The lowest BCUT2D eigenvalue weighted by molar-refractivity contribution is -0.113. The third-order valence-electron chi connectivity index (χ3n) is 7.35. The quantitative estimate of drug-likeness (QED) is 0.278. The predicted molar refractivity (Wildman–Crippen MR) is 156 cm³/mol. The number of ether oxygens (including phenoxy) is 2. The Labute approximate surface area is 251 Å². The Bertz CT molecular complexity index is 1710. The second-order valence-electron chi connectivity index (χ2n) is 10.3. The van der Waals surface area contributed by atoms with Crippen LogP contribution in [-0.2, 0) is 14.6 Å². The van der Waals surface area contributed by atoms with Crippen molar-refractivity contribution >= 4 is 38.6 Å². The molecule has 0 saturated carbocycles. The highest BCUT2D eigenvalue weighted by molar-refractivity contribution is 8.00. The first-order chi connectivity index (χ1) is 20.4. The summed E-state index contributed by atoms with van der Waals surface area (Å²) >= 11 is -0.263. The molecule has 2 aliphatic heterocycles. The highest BCUT2D eigenvalue weighted by Gasteiger charge is 2.45. The monoisotopic (exact) mass is 634 g/mol. The van der Waals surface area contributed by atoms with Gasteiger partial charge in [-0.2, -0.15) is 23.5 Å². The van der Waals surface area contributed by atoms with E-state index >= 15 is 0 Å². The van der Waals surface area contributed by atoms with E-state index in [1.165, 1.54) is 29.8 Å². The van der Waals surface area contributed by atoms with Crippen molar-refractivity contribution in [3.8, 4) is 23.7 Å². The SMILES string of the molecule is COc1cc(S(C)(=O)=O)ccc1NCC#Cc1nn2c(NC3CCN(C4(C#N)COC4)CC3)cccc2c1SC(F)(F)F. The number of thioether (sulfide) groups is 1. The summed E-state index contributed by atoms with van der Waals surface area (Å²) in [6.45, 7) is 2.23. The first-order valence-corrected chi connectivity index (χ1v) is 16.0. The molecule has 3 aromatic rings. The average Bonchev–Trinajstić information content (AvgIpc) is 3.27. The van der Waals surface area contributed by atoms with Crippen molar-refractivity contribution in [2.24, 2.45) is 0 Å². The molecule has 1 aromatic carbocycles. The molecule has 0 atom stereocenters. The molecule has 4 heterocycles. The second kappa shape index (κ2) is 12.2. The van der Waals surface area contributed by atoms with E-state index in [1.54, 1.807) is 18.2 Å². The molecule has 2 aromatic heterocycles. The second-order valence-corrected chi connectivity index (χ2v) is 13.4. The number of pyridine rings is 1. The van der Waals surface area contributed by atoms with Crippen LogP contribution in [0.3, 0.4) is 0 Å². The number of nitriles is 1. The Balaban J connectivity index is 1.34. The van der Waals surface area contributed by atoms with Crippen molar-refractivity contribution in [1.82, 2.24) is 14.5 Å². The minimum atomic E-state index is -4.55. The molecule has 228 valence electrons. The Morgan fingerprint density at radius 1 is 1.23 bits per heavy atom. The van der Waals surface area contributed by atoms with Crippen molar-refractivity contribution in [3.05, 3.63) is 42.1 Å². The molecular weight excluding hydrogens is 605 g/mol. The summed E-state index contributed by atoms with van der Waals surface area (Å²) in [7, 11) is -2.03. The van der Waals surface area contributed by atoms with Crippen LogP contribution in [0.1, 0.15) is 18.5 Å². The normalized spacial score (nSPS) is 17.4. The summed E-state index contributed by atoms with van der Waals surface area (Å²) < 4.78 is 76.3. The lowest BCUT2D eigenvalue weighted by Crippen LogP contribution is -2.63. The summed E-state index contributed by atoms with van der Waals surface area (Å²) in [6.07, 6.45) is 2.59. The fraction of sp³-hybridized carbons (Fsp3) is 0.429. The maximum absolute atomic E-state index is 13.6. The summed E-state index contributed by atoms with van der Waals surface area (Å²) in [5.41, 5.74) is -4.38. The van der Waals surface area contributed by atoms with Crippen LogP contribution in [0.25, 0.3) is 5.52 Å². The van der Waals surface area contributed by atoms with E-state index in [0.29, 0.717) is 37.8 Å². The molecule has 5 rings (SSSR count). The number of nitrogens with one attached hydrogen (secondary N) is 2. The Morgan fingerprint density at radius 2 is 1.98 bits per heavy atom. The molecule has 0 amide bonds. The molecule has 0 unspecified atom stereocenters. The van der Waals surface area contributed by atoms with E-state index in [-0.39, 0.29) is 51.1 Å². The van der Waals surface area contributed by atoms with Crippen LogP contribution in [0.5, 0.6) is 5.75 Å². The number of sulfone groups is 1. The van der Waals surface area contributed by atoms with Gasteiger partial charge in [-0.1, -0.05) is 12.0 Å². The van der Waals surface area contributed by atoms with Crippen molar-refractivity contribution in [3.63, 3.8) is 0 Å². The van der Waals surface area contributed by atoms with Crippen molar-refractivity contribution < 1.29 is 31.1 Å². The number of hydrogen-bond acceptors (Lipinski definition) is 10. The van der Waals surface area contributed by atoms with Gasteiger partial charge in [-0.05, 0) is 54.8 Å². The van der Waals surface area contributed by atoms with E-state index in [0.717, 1.165) is 19.1 Å². The number of aromatic nitrogens is 2. The minimum absolute atomic E-state index is 0.0199. The molecule has 10 nitrogen and oxygen atoms in total. The third kappa shape index (κ3) is 6.80. The smallest absolute Gasteiger partial charge is 0.446 e. The number of methoxy groups -OCH3 is 1. The number of fused-ring (bicyclic) bond motifs is 1. The van der Waals surface area contributed by atoms with Crippen LogP contribution >= 0.6 is 11.8 Å². The molecule has 0 aliphatic carbocycles. The number of hydrogen-bond donors (Lipinski definition) is 2. The van der Waals surface area contributed by atoms with Crippen molar-refractivity contribution in [2.45, 2.75) is 39.7 Å². The van der Waals surface area contributed by atoms with Gasteiger partial charge in [0.2, 0.25) is 0 Å². The van der Waals surface area contributed by atoms with E-state index in [2.05, 4.69) is 38.5 Å². The highest BCUT2D eigenvalue weighted by atomic mass is 32.2. The summed E-state index contributed by atoms with van der Waals surface area (Å²) in [5.74, 6) is 6.41. The zero-order chi connectivity index (χ0) is 30.8. The number of benzene rings is 1. The van der Waals surface area contributed by atoms with Gasteiger partial charge in [-0.3, -0.25) is 4.90 Å². The zero-order valence-electron chi connectivity index (χ0n) is 23.4. The third-order valence-corrected chi connectivity index (χ3v) is 9.30. The van der Waals surface area contributed by atoms with E-state index < -0.39 is 20.9 Å². The number of rotatable bonds is 8. The Morgan fingerprint density at radius 3 is 2.58 bits per heavy atom. The van der Waals surface area contributed by atoms with Gasteiger partial charge in [-0.15, -0.1) is 0 Å². The number of anilines is 2. The van der Waals surface area contributed by atoms with Crippen molar-refractivity contribution in [1.29, 1.82) is 5.26 Å². The molecule has 15 heteroatoms. The topological polar surface area (TPSA) is 121 Å². The molecule has 0 radical (unpaired) electrons. The van der Waals surface area contributed by atoms with Crippen LogP contribution in [0.15, 0.2) is 46.2 Å². The van der Waals surface area contributed by atoms with E-state index in [1.807, 2.05) is 0 Å². The van der Waals surface area contributed by atoms with Gasteiger partial charge in [-0.25, -0.2) is 12.9 Å². The molecule has 2 N–H and O–H groups in total.